The first-order chi connectivity index (χ1) is 14.6. The predicted octanol–water partition coefficient (Wildman–Crippen LogP) is 5.35. The summed E-state index contributed by atoms with van der Waals surface area (Å²) < 4.78 is 11.4. The Kier molecular flexibility index (Phi) is 5.95. The zero-order valence-electron chi connectivity index (χ0n) is 16.8. The molecule has 1 N–H and O–H groups in total. The maximum Gasteiger partial charge on any atom is 0.257 e. The Bertz CT molecular complexity index is 1170. The summed E-state index contributed by atoms with van der Waals surface area (Å²) in [5.74, 6) is 1.46. The molecular weight excluding hydrogens is 396 g/mol. The Morgan fingerprint density at radius 1 is 0.900 bits per heavy atom. The quantitative estimate of drug-likeness (QED) is 0.439. The van der Waals surface area contributed by atoms with Crippen molar-refractivity contribution in [2.45, 2.75) is 12.8 Å². The van der Waals surface area contributed by atoms with Crippen molar-refractivity contribution < 1.29 is 14.3 Å². The van der Waals surface area contributed by atoms with E-state index in [1.807, 2.05) is 54.6 Å². The van der Waals surface area contributed by atoms with Crippen LogP contribution in [0.3, 0.4) is 0 Å². The maximum absolute atomic E-state index is 12.7. The highest BCUT2D eigenvalue weighted by Crippen LogP contribution is 2.29. The Morgan fingerprint density at radius 2 is 1.63 bits per heavy atom. The molecule has 0 radical (unpaired) electrons. The minimum absolute atomic E-state index is 0.160. The summed E-state index contributed by atoms with van der Waals surface area (Å²) in [6, 6.07) is 21.5. The summed E-state index contributed by atoms with van der Waals surface area (Å²) in [5, 5.41) is 3.49. The molecule has 1 aromatic heterocycles. The first-order valence-electron chi connectivity index (χ1n) is 9.62. The van der Waals surface area contributed by atoms with Gasteiger partial charge in [-0.05, 0) is 66.4 Å². The van der Waals surface area contributed by atoms with Crippen molar-refractivity contribution in [2.75, 3.05) is 19.5 Å². The molecule has 0 unspecified atom stereocenters. The molecule has 3 aromatic carbocycles. The van der Waals surface area contributed by atoms with Crippen LogP contribution in [0.4, 0.5) is 5.13 Å². The molecule has 0 aliphatic heterocycles. The van der Waals surface area contributed by atoms with Crippen molar-refractivity contribution in [3.8, 4) is 11.5 Å². The van der Waals surface area contributed by atoms with E-state index in [0.717, 1.165) is 40.1 Å². The zero-order chi connectivity index (χ0) is 20.9. The van der Waals surface area contributed by atoms with Gasteiger partial charge in [-0.15, -0.1) is 0 Å². The fraction of sp³-hybridized carbons (Fsp3) is 0.167. The number of carbonyl (C=O) groups is 1. The van der Waals surface area contributed by atoms with Crippen LogP contribution in [0.15, 0.2) is 66.7 Å². The van der Waals surface area contributed by atoms with E-state index in [2.05, 4.69) is 22.4 Å². The molecule has 1 amide bonds. The van der Waals surface area contributed by atoms with E-state index in [0.29, 0.717) is 10.7 Å². The third-order valence-electron chi connectivity index (χ3n) is 4.87. The number of nitrogens with zero attached hydrogens (tertiary/aromatic N) is 1. The van der Waals surface area contributed by atoms with Gasteiger partial charge < -0.3 is 9.47 Å². The number of ether oxygens (including phenoxy) is 2. The number of aryl methyl sites for hydroxylation is 2. The Balaban J connectivity index is 1.43. The van der Waals surface area contributed by atoms with Gasteiger partial charge in [0.2, 0.25) is 0 Å². The van der Waals surface area contributed by atoms with E-state index in [-0.39, 0.29) is 5.91 Å². The molecule has 4 rings (SSSR count). The molecule has 0 aliphatic carbocycles. The first kappa shape index (κ1) is 19.9. The Morgan fingerprint density at radius 3 is 2.40 bits per heavy atom. The molecule has 0 spiro atoms. The lowest BCUT2D eigenvalue weighted by Gasteiger charge is -2.06. The number of benzene rings is 3. The number of hydrogen-bond donors (Lipinski definition) is 1. The monoisotopic (exact) mass is 418 g/mol. The molecule has 30 heavy (non-hydrogen) atoms. The van der Waals surface area contributed by atoms with Crippen LogP contribution in [0.1, 0.15) is 21.5 Å². The number of fused-ring (bicyclic) bond motifs is 1. The Labute approximate surface area is 179 Å². The molecule has 0 aliphatic rings. The number of aromatic nitrogens is 1. The molecule has 0 bridgehead atoms. The van der Waals surface area contributed by atoms with Crippen molar-refractivity contribution in [2.24, 2.45) is 0 Å². The fourth-order valence-electron chi connectivity index (χ4n) is 3.20. The van der Waals surface area contributed by atoms with Crippen LogP contribution in [0.5, 0.6) is 11.5 Å². The molecule has 4 aromatic rings. The lowest BCUT2D eigenvalue weighted by atomic mass is 10.0. The van der Waals surface area contributed by atoms with Gasteiger partial charge in [0.15, 0.2) is 5.13 Å². The normalized spacial score (nSPS) is 10.7. The average Bonchev–Trinajstić information content (AvgIpc) is 3.19. The number of nitrogens with one attached hydrogen (secondary N) is 1. The third kappa shape index (κ3) is 4.60. The largest absolute Gasteiger partial charge is 0.497 e. The highest BCUT2D eigenvalue weighted by Gasteiger charge is 2.11. The van der Waals surface area contributed by atoms with Crippen molar-refractivity contribution in [1.82, 2.24) is 4.98 Å². The van der Waals surface area contributed by atoms with Gasteiger partial charge in [0.1, 0.15) is 11.5 Å². The maximum atomic E-state index is 12.7. The highest BCUT2D eigenvalue weighted by molar-refractivity contribution is 7.22. The summed E-state index contributed by atoms with van der Waals surface area (Å²) in [6.07, 6.45) is 1.75. The summed E-state index contributed by atoms with van der Waals surface area (Å²) in [7, 11) is 3.29. The number of carbonyl (C=O) groups excluding carboxylic acids is 1. The van der Waals surface area contributed by atoms with Crippen LogP contribution in [0.2, 0.25) is 0 Å². The predicted molar refractivity (Wildman–Crippen MR) is 121 cm³/mol. The smallest absolute Gasteiger partial charge is 0.257 e. The van der Waals surface area contributed by atoms with Crippen LogP contribution in [0, 0.1) is 0 Å². The second-order valence-corrected chi connectivity index (χ2v) is 7.89. The number of methoxy groups -OCH3 is 2. The van der Waals surface area contributed by atoms with Gasteiger partial charge in [0.05, 0.1) is 24.4 Å². The molecular formula is C24H22N2O3S. The molecule has 5 nitrogen and oxygen atoms in total. The second-order valence-electron chi connectivity index (χ2n) is 6.86. The van der Waals surface area contributed by atoms with E-state index in [9.17, 15) is 4.79 Å². The summed E-state index contributed by atoms with van der Waals surface area (Å²) in [6.45, 7) is 0. The van der Waals surface area contributed by atoms with E-state index in [1.54, 1.807) is 14.2 Å². The average molecular weight is 419 g/mol. The van der Waals surface area contributed by atoms with Gasteiger partial charge in [0.25, 0.3) is 5.91 Å². The molecule has 0 atom stereocenters. The van der Waals surface area contributed by atoms with Gasteiger partial charge in [-0.2, -0.15) is 0 Å². The van der Waals surface area contributed by atoms with Crippen molar-refractivity contribution in [3.63, 3.8) is 0 Å². The van der Waals surface area contributed by atoms with Crippen LogP contribution in [-0.2, 0) is 12.8 Å². The second kappa shape index (κ2) is 8.97. The highest BCUT2D eigenvalue weighted by atomic mass is 32.1. The summed E-state index contributed by atoms with van der Waals surface area (Å²) >= 11 is 1.43. The topological polar surface area (TPSA) is 60.5 Å². The van der Waals surface area contributed by atoms with E-state index in [4.69, 9.17) is 9.47 Å². The lowest BCUT2D eigenvalue weighted by molar-refractivity contribution is 0.102. The van der Waals surface area contributed by atoms with E-state index in [1.165, 1.54) is 16.9 Å². The molecule has 6 heteroatoms. The van der Waals surface area contributed by atoms with Crippen LogP contribution in [0.25, 0.3) is 10.2 Å². The summed E-state index contributed by atoms with van der Waals surface area (Å²) in [4.78, 5) is 17.2. The van der Waals surface area contributed by atoms with Crippen molar-refractivity contribution in [1.29, 1.82) is 0 Å². The van der Waals surface area contributed by atoms with Crippen LogP contribution in [-0.4, -0.2) is 25.1 Å². The van der Waals surface area contributed by atoms with Gasteiger partial charge in [-0.25, -0.2) is 4.98 Å². The van der Waals surface area contributed by atoms with E-state index < -0.39 is 0 Å². The molecule has 0 saturated carbocycles. The molecule has 152 valence electrons. The Hall–Kier alpha value is -3.38. The number of hydrogen-bond acceptors (Lipinski definition) is 5. The van der Waals surface area contributed by atoms with Gasteiger partial charge >= 0.3 is 0 Å². The lowest BCUT2D eigenvalue weighted by Crippen LogP contribution is -2.12. The zero-order valence-corrected chi connectivity index (χ0v) is 17.7. The van der Waals surface area contributed by atoms with Crippen molar-refractivity contribution >= 4 is 32.6 Å². The summed E-state index contributed by atoms with van der Waals surface area (Å²) in [5.41, 5.74) is 3.81. The SMILES string of the molecule is COc1ccc(CCc2cccc(C(=O)Nc3nc4ccc(OC)cc4s3)c2)cc1. The third-order valence-corrected chi connectivity index (χ3v) is 5.80. The minimum atomic E-state index is -0.160. The molecule has 0 fully saturated rings. The number of thiazole rings is 1. The number of rotatable bonds is 7. The van der Waals surface area contributed by atoms with Crippen LogP contribution >= 0.6 is 11.3 Å². The first-order valence-corrected chi connectivity index (χ1v) is 10.4. The number of anilines is 1. The molecule has 1 heterocycles. The van der Waals surface area contributed by atoms with Gasteiger partial charge in [0, 0.05) is 5.56 Å². The molecule has 0 saturated heterocycles. The minimum Gasteiger partial charge on any atom is -0.497 e. The number of amides is 1. The van der Waals surface area contributed by atoms with Crippen molar-refractivity contribution in [3.05, 3.63) is 83.4 Å². The van der Waals surface area contributed by atoms with Gasteiger partial charge in [-0.3, -0.25) is 10.1 Å². The van der Waals surface area contributed by atoms with Gasteiger partial charge in [-0.1, -0.05) is 35.6 Å². The standard InChI is InChI=1S/C24H22N2O3S/c1-28-19-10-8-16(9-11-19)6-7-17-4-3-5-18(14-17)23(27)26-24-25-21-13-12-20(29-2)15-22(21)30-24/h3-5,8-15H,6-7H2,1-2H3,(H,25,26,27). The van der Waals surface area contributed by atoms with E-state index >= 15 is 0 Å². The van der Waals surface area contributed by atoms with Crippen LogP contribution < -0.4 is 14.8 Å². The fourth-order valence-corrected chi connectivity index (χ4v) is 4.09.